The van der Waals surface area contributed by atoms with Gasteiger partial charge in [0.05, 0.1) is 0 Å². The molecular weight excluding hydrogens is 224 g/mol. The smallest absolute Gasteiger partial charge is 0.222 e. The summed E-state index contributed by atoms with van der Waals surface area (Å²) in [4.78, 5) is 14.0. The van der Waals surface area contributed by atoms with Gasteiger partial charge < -0.3 is 10.2 Å². The lowest BCUT2D eigenvalue weighted by molar-refractivity contribution is -0.133. The molecule has 4 heteroatoms. The fraction of sp³-hybridized carbons (Fsp3) is 0.917. The number of carbonyl (C=O) groups excluding carboxylic acids is 1. The van der Waals surface area contributed by atoms with Crippen molar-refractivity contribution < 1.29 is 4.79 Å². The van der Waals surface area contributed by atoms with Gasteiger partial charge in [-0.3, -0.25) is 4.79 Å². The van der Waals surface area contributed by atoms with E-state index in [1.54, 1.807) is 0 Å². The Hall–Kier alpha value is -0.280. The second-order valence-corrected chi connectivity index (χ2v) is 4.84. The minimum Gasteiger partial charge on any atom is -0.340 e. The number of rotatable bonds is 2. The van der Waals surface area contributed by atoms with Crippen molar-refractivity contribution in [2.24, 2.45) is 5.92 Å². The summed E-state index contributed by atoms with van der Waals surface area (Å²) in [7, 11) is 0. The van der Waals surface area contributed by atoms with Crippen molar-refractivity contribution in [2.75, 3.05) is 26.2 Å². The summed E-state index contributed by atoms with van der Waals surface area (Å²) in [5, 5.41) is 3.28. The summed E-state index contributed by atoms with van der Waals surface area (Å²) in [5.74, 6) is 1.07. The van der Waals surface area contributed by atoms with Crippen LogP contribution in [0.15, 0.2) is 0 Å². The van der Waals surface area contributed by atoms with Crippen LogP contribution in [-0.4, -0.2) is 37.0 Å². The van der Waals surface area contributed by atoms with Crippen LogP contribution in [0.25, 0.3) is 0 Å². The second kappa shape index (κ2) is 7.13. The first-order valence-corrected chi connectivity index (χ1v) is 6.35. The van der Waals surface area contributed by atoms with Crippen LogP contribution in [0, 0.1) is 5.92 Å². The molecule has 1 aliphatic carbocycles. The Labute approximate surface area is 104 Å². The third kappa shape index (κ3) is 3.95. The zero-order chi connectivity index (χ0) is 10.5. The normalized spacial score (nSPS) is 22.6. The summed E-state index contributed by atoms with van der Waals surface area (Å²) < 4.78 is 0. The van der Waals surface area contributed by atoms with Gasteiger partial charge in [0, 0.05) is 32.6 Å². The average molecular weight is 247 g/mol. The Morgan fingerprint density at radius 3 is 2.38 bits per heavy atom. The molecule has 0 aromatic heterocycles. The Bertz CT molecular complexity index is 211. The molecule has 1 heterocycles. The number of carbonyl (C=O) groups is 1. The van der Waals surface area contributed by atoms with Crippen LogP contribution in [0.1, 0.15) is 38.5 Å². The summed E-state index contributed by atoms with van der Waals surface area (Å²) in [6.07, 6.45) is 7.40. The molecular formula is C12H23ClN2O. The highest BCUT2D eigenvalue weighted by Crippen LogP contribution is 2.26. The lowest BCUT2D eigenvalue weighted by Gasteiger charge is -2.30. The van der Waals surface area contributed by atoms with E-state index in [2.05, 4.69) is 5.32 Å². The molecule has 1 saturated carbocycles. The largest absolute Gasteiger partial charge is 0.340 e. The van der Waals surface area contributed by atoms with Crippen molar-refractivity contribution >= 4 is 18.3 Å². The predicted molar refractivity (Wildman–Crippen MR) is 67.9 cm³/mol. The van der Waals surface area contributed by atoms with Gasteiger partial charge in [0.2, 0.25) is 5.91 Å². The highest BCUT2D eigenvalue weighted by molar-refractivity contribution is 5.85. The van der Waals surface area contributed by atoms with E-state index in [4.69, 9.17) is 0 Å². The molecule has 0 unspecified atom stereocenters. The second-order valence-electron chi connectivity index (χ2n) is 4.84. The van der Waals surface area contributed by atoms with Crippen molar-refractivity contribution in [2.45, 2.75) is 38.5 Å². The molecule has 16 heavy (non-hydrogen) atoms. The first-order chi connectivity index (χ1) is 7.36. The molecule has 0 bridgehead atoms. The molecule has 3 nitrogen and oxygen atoms in total. The number of hydrogen-bond acceptors (Lipinski definition) is 2. The van der Waals surface area contributed by atoms with Crippen LogP contribution in [-0.2, 0) is 4.79 Å². The van der Waals surface area contributed by atoms with Gasteiger partial charge in [0.1, 0.15) is 0 Å². The third-order valence-electron chi connectivity index (χ3n) is 3.66. The fourth-order valence-corrected chi connectivity index (χ4v) is 2.68. The number of halogens is 1. The number of nitrogens with zero attached hydrogens (tertiary/aromatic N) is 1. The standard InChI is InChI=1S/C12H22N2O.ClH/c15-12(14-8-6-13-7-9-14)10-11-4-2-1-3-5-11;/h11,13H,1-10H2;1H. The van der Waals surface area contributed by atoms with Gasteiger partial charge >= 0.3 is 0 Å². The Morgan fingerprint density at radius 2 is 1.75 bits per heavy atom. The van der Waals surface area contributed by atoms with E-state index >= 15 is 0 Å². The molecule has 2 fully saturated rings. The van der Waals surface area contributed by atoms with Gasteiger partial charge in [0.25, 0.3) is 0 Å². The SMILES string of the molecule is Cl.O=C(CC1CCCCC1)N1CCNCC1. The maximum atomic E-state index is 12.0. The minimum atomic E-state index is 0. The Morgan fingerprint density at radius 1 is 1.12 bits per heavy atom. The van der Waals surface area contributed by atoms with Crippen molar-refractivity contribution in [3.63, 3.8) is 0 Å². The number of piperazine rings is 1. The van der Waals surface area contributed by atoms with Gasteiger partial charge in [-0.1, -0.05) is 19.3 Å². The highest BCUT2D eigenvalue weighted by Gasteiger charge is 2.21. The zero-order valence-electron chi connectivity index (χ0n) is 9.91. The maximum absolute atomic E-state index is 12.0. The highest BCUT2D eigenvalue weighted by atomic mass is 35.5. The molecule has 0 aromatic rings. The quantitative estimate of drug-likeness (QED) is 0.806. The molecule has 0 aromatic carbocycles. The Kier molecular flexibility index (Phi) is 6.14. The lowest BCUT2D eigenvalue weighted by Crippen LogP contribution is -2.46. The first kappa shape index (κ1) is 13.8. The maximum Gasteiger partial charge on any atom is 0.222 e. The molecule has 0 radical (unpaired) electrons. The van der Waals surface area contributed by atoms with Gasteiger partial charge in [-0.25, -0.2) is 0 Å². The molecule has 1 amide bonds. The van der Waals surface area contributed by atoms with Crippen molar-refractivity contribution in [1.82, 2.24) is 10.2 Å². The summed E-state index contributed by atoms with van der Waals surface area (Å²) >= 11 is 0. The van der Waals surface area contributed by atoms with Crippen LogP contribution < -0.4 is 5.32 Å². The van der Waals surface area contributed by atoms with E-state index < -0.39 is 0 Å². The van der Waals surface area contributed by atoms with E-state index in [1.165, 1.54) is 32.1 Å². The van der Waals surface area contributed by atoms with Crippen molar-refractivity contribution in [1.29, 1.82) is 0 Å². The summed E-state index contributed by atoms with van der Waals surface area (Å²) in [6, 6.07) is 0. The molecule has 2 rings (SSSR count). The van der Waals surface area contributed by atoms with Crippen LogP contribution in [0.3, 0.4) is 0 Å². The molecule has 1 N–H and O–H groups in total. The predicted octanol–water partition coefficient (Wildman–Crippen LogP) is 1.81. The van der Waals surface area contributed by atoms with Gasteiger partial charge in [-0.15, -0.1) is 12.4 Å². The monoisotopic (exact) mass is 246 g/mol. The van der Waals surface area contributed by atoms with E-state index in [0.717, 1.165) is 32.6 Å². The van der Waals surface area contributed by atoms with Gasteiger partial charge in [0.15, 0.2) is 0 Å². The number of nitrogens with one attached hydrogen (secondary N) is 1. The zero-order valence-corrected chi connectivity index (χ0v) is 10.7. The molecule has 2 aliphatic rings. The lowest BCUT2D eigenvalue weighted by atomic mass is 9.86. The van der Waals surface area contributed by atoms with Gasteiger partial charge in [-0.05, 0) is 18.8 Å². The summed E-state index contributed by atoms with van der Waals surface area (Å²) in [6.45, 7) is 3.75. The molecule has 1 saturated heterocycles. The summed E-state index contributed by atoms with van der Waals surface area (Å²) in [5.41, 5.74) is 0. The number of amides is 1. The first-order valence-electron chi connectivity index (χ1n) is 6.35. The van der Waals surface area contributed by atoms with Crippen molar-refractivity contribution in [3.8, 4) is 0 Å². The molecule has 94 valence electrons. The Balaban J connectivity index is 0.00000128. The van der Waals surface area contributed by atoms with E-state index in [1.807, 2.05) is 4.90 Å². The minimum absolute atomic E-state index is 0. The van der Waals surface area contributed by atoms with E-state index in [-0.39, 0.29) is 12.4 Å². The van der Waals surface area contributed by atoms with Crippen LogP contribution >= 0.6 is 12.4 Å². The number of hydrogen-bond donors (Lipinski definition) is 1. The van der Waals surface area contributed by atoms with Crippen LogP contribution in [0.2, 0.25) is 0 Å². The molecule has 0 atom stereocenters. The third-order valence-corrected chi connectivity index (χ3v) is 3.66. The fourth-order valence-electron chi connectivity index (χ4n) is 2.68. The van der Waals surface area contributed by atoms with Crippen molar-refractivity contribution in [3.05, 3.63) is 0 Å². The van der Waals surface area contributed by atoms with Crippen LogP contribution in [0.4, 0.5) is 0 Å². The van der Waals surface area contributed by atoms with E-state index in [0.29, 0.717) is 11.8 Å². The topological polar surface area (TPSA) is 32.3 Å². The van der Waals surface area contributed by atoms with E-state index in [9.17, 15) is 4.79 Å². The van der Waals surface area contributed by atoms with Gasteiger partial charge in [-0.2, -0.15) is 0 Å². The average Bonchev–Trinajstić information content (AvgIpc) is 2.31. The van der Waals surface area contributed by atoms with Crippen LogP contribution in [0.5, 0.6) is 0 Å². The molecule has 0 spiro atoms. The molecule has 1 aliphatic heterocycles.